The van der Waals surface area contributed by atoms with E-state index in [2.05, 4.69) is 0 Å². The van der Waals surface area contributed by atoms with Crippen LogP contribution in [0.25, 0.3) is 11.0 Å². The van der Waals surface area contributed by atoms with Crippen molar-refractivity contribution in [2.75, 3.05) is 13.9 Å². The topological polar surface area (TPSA) is 93.4 Å². The van der Waals surface area contributed by atoms with E-state index in [0.29, 0.717) is 28.6 Å². The molecule has 0 amide bonds. The fourth-order valence-electron chi connectivity index (χ4n) is 3.45. The van der Waals surface area contributed by atoms with Crippen LogP contribution in [-0.2, 0) is 0 Å². The molecule has 0 spiro atoms. The lowest BCUT2D eigenvalue weighted by Crippen LogP contribution is -2.10. The van der Waals surface area contributed by atoms with Crippen molar-refractivity contribution in [3.8, 4) is 34.5 Å². The summed E-state index contributed by atoms with van der Waals surface area (Å²) in [7, 11) is 1.52. The van der Waals surface area contributed by atoms with Gasteiger partial charge < -0.3 is 28.1 Å². The standard InChI is InChI=1S/C25H18O8/c1-14-24(33-20-6-4-3-5-18(20)28-2)23(26)17-9-8-16(12-21(17)31-14)32-25(27)15-7-10-19-22(11-15)30-13-29-19/h3-12H,13H2,1-2H3. The molecule has 1 aromatic heterocycles. The summed E-state index contributed by atoms with van der Waals surface area (Å²) in [5, 5.41) is 0.286. The van der Waals surface area contributed by atoms with E-state index >= 15 is 0 Å². The van der Waals surface area contributed by atoms with Gasteiger partial charge in [-0.05, 0) is 49.4 Å². The van der Waals surface area contributed by atoms with Gasteiger partial charge in [-0.25, -0.2) is 4.79 Å². The molecule has 0 fully saturated rings. The first-order valence-corrected chi connectivity index (χ1v) is 10.0. The molecule has 0 saturated carbocycles. The highest BCUT2D eigenvalue weighted by Crippen LogP contribution is 2.34. The number of carbonyl (C=O) groups is 1. The molecule has 1 aliphatic rings. The van der Waals surface area contributed by atoms with Crippen molar-refractivity contribution in [2.45, 2.75) is 6.92 Å². The second-order valence-corrected chi connectivity index (χ2v) is 7.18. The Balaban J connectivity index is 1.43. The maximum atomic E-state index is 13.1. The van der Waals surface area contributed by atoms with Gasteiger partial charge in [-0.1, -0.05) is 12.1 Å². The Morgan fingerprint density at radius 3 is 2.55 bits per heavy atom. The van der Waals surface area contributed by atoms with E-state index in [4.69, 9.17) is 28.1 Å². The molecule has 8 heteroatoms. The molecule has 5 rings (SSSR count). The maximum absolute atomic E-state index is 13.1. The number of rotatable bonds is 5. The van der Waals surface area contributed by atoms with Gasteiger partial charge in [0.2, 0.25) is 18.0 Å². The molecule has 0 bridgehead atoms. The molecular formula is C25H18O8. The summed E-state index contributed by atoms with van der Waals surface area (Å²) < 4.78 is 32.9. The van der Waals surface area contributed by atoms with Crippen molar-refractivity contribution in [1.82, 2.24) is 0 Å². The predicted molar refractivity (Wildman–Crippen MR) is 118 cm³/mol. The Morgan fingerprint density at radius 2 is 1.73 bits per heavy atom. The lowest BCUT2D eigenvalue weighted by atomic mass is 10.2. The van der Waals surface area contributed by atoms with Crippen LogP contribution in [0.1, 0.15) is 16.1 Å². The van der Waals surface area contributed by atoms with Crippen molar-refractivity contribution in [2.24, 2.45) is 0 Å². The average Bonchev–Trinajstić information content (AvgIpc) is 3.30. The minimum absolute atomic E-state index is 0.0529. The number of esters is 1. The highest BCUT2D eigenvalue weighted by Gasteiger charge is 2.19. The van der Waals surface area contributed by atoms with Crippen LogP contribution in [0.4, 0.5) is 0 Å². The second-order valence-electron chi connectivity index (χ2n) is 7.18. The van der Waals surface area contributed by atoms with Crippen LogP contribution in [0.3, 0.4) is 0 Å². The van der Waals surface area contributed by atoms with Crippen LogP contribution in [0.2, 0.25) is 0 Å². The van der Waals surface area contributed by atoms with Crippen molar-refractivity contribution >= 4 is 16.9 Å². The Labute approximate surface area is 187 Å². The fourth-order valence-corrected chi connectivity index (χ4v) is 3.45. The average molecular weight is 446 g/mol. The molecule has 166 valence electrons. The van der Waals surface area contributed by atoms with Gasteiger partial charge in [-0.2, -0.15) is 0 Å². The van der Waals surface area contributed by atoms with Gasteiger partial charge >= 0.3 is 5.97 Å². The SMILES string of the molecule is COc1ccccc1Oc1c(C)oc2cc(OC(=O)c3ccc4c(c3)OCO4)ccc2c1=O. The largest absolute Gasteiger partial charge is 0.493 e. The molecule has 0 aliphatic carbocycles. The monoisotopic (exact) mass is 446 g/mol. The van der Waals surface area contributed by atoms with Gasteiger partial charge in [0.05, 0.1) is 18.1 Å². The number of hydrogen-bond donors (Lipinski definition) is 0. The second kappa shape index (κ2) is 8.23. The van der Waals surface area contributed by atoms with Gasteiger partial charge in [0.25, 0.3) is 0 Å². The van der Waals surface area contributed by atoms with Crippen LogP contribution >= 0.6 is 0 Å². The molecule has 0 N–H and O–H groups in total. The van der Waals surface area contributed by atoms with E-state index in [1.54, 1.807) is 49.4 Å². The number of methoxy groups -OCH3 is 1. The highest BCUT2D eigenvalue weighted by atomic mass is 16.7. The molecule has 0 saturated heterocycles. The Morgan fingerprint density at radius 1 is 0.939 bits per heavy atom. The van der Waals surface area contributed by atoms with Crippen LogP contribution in [-0.4, -0.2) is 19.9 Å². The summed E-state index contributed by atoms with van der Waals surface area (Å²) in [5.41, 5.74) is 0.215. The van der Waals surface area contributed by atoms with E-state index in [1.807, 2.05) is 0 Å². The van der Waals surface area contributed by atoms with Crippen LogP contribution in [0.15, 0.2) is 69.9 Å². The van der Waals surface area contributed by atoms with Crippen LogP contribution in [0.5, 0.6) is 34.5 Å². The first-order chi connectivity index (χ1) is 16.0. The zero-order valence-corrected chi connectivity index (χ0v) is 17.7. The first-order valence-electron chi connectivity index (χ1n) is 10.0. The van der Waals surface area contributed by atoms with Gasteiger partial charge in [0.1, 0.15) is 17.1 Å². The molecule has 1 aliphatic heterocycles. The molecule has 2 heterocycles. The molecule has 3 aromatic carbocycles. The Hall–Kier alpha value is -4.46. The number of aryl methyl sites for hydroxylation is 1. The minimum atomic E-state index is -0.581. The quantitative estimate of drug-likeness (QED) is 0.317. The van der Waals surface area contributed by atoms with Gasteiger partial charge in [0.15, 0.2) is 23.0 Å². The number of carbonyl (C=O) groups excluding carboxylic acids is 1. The lowest BCUT2D eigenvalue weighted by Gasteiger charge is -2.12. The maximum Gasteiger partial charge on any atom is 0.343 e. The van der Waals surface area contributed by atoms with Crippen LogP contribution in [0, 0.1) is 6.92 Å². The molecule has 0 unspecified atom stereocenters. The number of hydrogen-bond acceptors (Lipinski definition) is 8. The molecule has 0 radical (unpaired) electrons. The number of ether oxygens (including phenoxy) is 5. The van der Waals surface area contributed by atoms with Crippen molar-refractivity contribution in [1.29, 1.82) is 0 Å². The van der Waals surface area contributed by atoms with Gasteiger partial charge in [-0.15, -0.1) is 0 Å². The van der Waals surface area contributed by atoms with Crippen molar-refractivity contribution in [3.05, 3.63) is 82.2 Å². The summed E-state index contributed by atoms with van der Waals surface area (Å²) in [6.45, 7) is 1.73. The van der Waals surface area contributed by atoms with Gasteiger partial charge in [-0.3, -0.25) is 4.79 Å². The molecule has 33 heavy (non-hydrogen) atoms. The van der Waals surface area contributed by atoms with Crippen molar-refractivity contribution in [3.63, 3.8) is 0 Å². The fraction of sp³-hybridized carbons (Fsp3) is 0.120. The zero-order chi connectivity index (χ0) is 22.9. The lowest BCUT2D eigenvalue weighted by molar-refractivity contribution is 0.0734. The molecule has 0 atom stereocenters. The van der Waals surface area contributed by atoms with E-state index in [0.717, 1.165) is 0 Å². The van der Waals surface area contributed by atoms with E-state index in [9.17, 15) is 9.59 Å². The van der Waals surface area contributed by atoms with Crippen LogP contribution < -0.4 is 29.1 Å². The molecule has 8 nitrogen and oxygen atoms in total. The summed E-state index contributed by atoms with van der Waals surface area (Å²) in [6.07, 6.45) is 0. The summed E-state index contributed by atoms with van der Waals surface area (Å²) in [4.78, 5) is 25.6. The molecule has 4 aromatic rings. The van der Waals surface area contributed by atoms with E-state index in [-0.39, 0.29) is 40.5 Å². The zero-order valence-electron chi connectivity index (χ0n) is 17.7. The summed E-state index contributed by atoms with van der Waals surface area (Å²) >= 11 is 0. The van der Waals surface area contributed by atoms with E-state index < -0.39 is 5.97 Å². The molecular weight excluding hydrogens is 428 g/mol. The highest BCUT2D eigenvalue weighted by molar-refractivity contribution is 5.92. The summed E-state index contributed by atoms with van der Waals surface area (Å²) in [6, 6.07) is 16.3. The Kier molecular flexibility index (Phi) is 5.10. The summed E-state index contributed by atoms with van der Waals surface area (Å²) in [5.74, 6) is 1.91. The Bertz CT molecular complexity index is 1440. The number of para-hydroxylation sites is 2. The predicted octanol–water partition coefficient (Wildman–Crippen LogP) is 4.85. The normalized spacial score (nSPS) is 11.9. The number of benzene rings is 3. The van der Waals surface area contributed by atoms with Crippen molar-refractivity contribution < 1.29 is 32.9 Å². The van der Waals surface area contributed by atoms with Gasteiger partial charge in [0, 0.05) is 6.07 Å². The third kappa shape index (κ3) is 3.82. The third-order valence-electron chi connectivity index (χ3n) is 5.09. The van der Waals surface area contributed by atoms with E-state index in [1.165, 1.54) is 25.3 Å². The minimum Gasteiger partial charge on any atom is -0.493 e. The number of fused-ring (bicyclic) bond motifs is 2. The smallest absolute Gasteiger partial charge is 0.343 e. The first kappa shape index (κ1) is 20.4. The third-order valence-corrected chi connectivity index (χ3v) is 5.09.